The fourth-order valence-electron chi connectivity index (χ4n) is 3.85. The number of hydrogen-bond acceptors (Lipinski definition) is 5. The van der Waals surface area contributed by atoms with E-state index in [1.807, 2.05) is 13.0 Å². The smallest absolute Gasteiger partial charge is 0.274 e. The Labute approximate surface area is 166 Å². The Morgan fingerprint density at radius 3 is 2.57 bits per heavy atom. The van der Waals surface area contributed by atoms with Gasteiger partial charge < -0.3 is 9.64 Å². The second-order valence-electron chi connectivity index (χ2n) is 7.73. The molecule has 1 aromatic heterocycles. The lowest BCUT2D eigenvalue weighted by Crippen LogP contribution is -2.41. The molecule has 6 heteroatoms. The molecule has 2 aromatic rings. The molecule has 0 radical (unpaired) electrons. The van der Waals surface area contributed by atoms with Gasteiger partial charge in [0.15, 0.2) is 5.69 Å². The normalized spacial score (nSPS) is 17.4. The van der Waals surface area contributed by atoms with Gasteiger partial charge in [0.25, 0.3) is 5.91 Å². The third-order valence-electron chi connectivity index (χ3n) is 6.01. The Morgan fingerprint density at radius 1 is 1.14 bits per heavy atom. The molecular weight excluding hydrogens is 352 g/mol. The number of carbonyl (C=O) groups is 1. The summed E-state index contributed by atoms with van der Waals surface area (Å²) in [6, 6.07) is 10.5. The van der Waals surface area contributed by atoms with Crippen LogP contribution >= 0.6 is 0 Å². The van der Waals surface area contributed by atoms with E-state index in [9.17, 15) is 4.79 Å². The van der Waals surface area contributed by atoms with Gasteiger partial charge in [0.2, 0.25) is 5.88 Å². The molecular formula is C22H28N4O2. The van der Waals surface area contributed by atoms with Crippen LogP contribution in [0, 0.1) is 0 Å². The van der Waals surface area contributed by atoms with E-state index in [-0.39, 0.29) is 5.91 Å². The van der Waals surface area contributed by atoms with Crippen LogP contribution in [0.4, 0.5) is 0 Å². The van der Waals surface area contributed by atoms with Crippen molar-refractivity contribution in [2.75, 3.05) is 26.7 Å². The van der Waals surface area contributed by atoms with Crippen molar-refractivity contribution in [2.45, 2.75) is 45.1 Å². The number of hydrogen-bond donors (Lipinski definition) is 0. The number of nitrogens with zero attached hydrogens (tertiary/aromatic N) is 4. The largest absolute Gasteiger partial charge is 0.438 e. The Bertz CT molecular complexity index is 833. The Kier molecular flexibility index (Phi) is 5.57. The van der Waals surface area contributed by atoms with Crippen LogP contribution in [-0.2, 0) is 12.8 Å². The zero-order chi connectivity index (χ0) is 19.5. The monoisotopic (exact) mass is 380 g/mol. The predicted octanol–water partition coefficient (Wildman–Crippen LogP) is 3.31. The van der Waals surface area contributed by atoms with Gasteiger partial charge in [-0.3, -0.25) is 9.69 Å². The van der Waals surface area contributed by atoms with Crippen molar-refractivity contribution < 1.29 is 9.53 Å². The first-order valence-corrected chi connectivity index (χ1v) is 10.3. The summed E-state index contributed by atoms with van der Waals surface area (Å²) in [5, 5.41) is 8.09. The van der Waals surface area contributed by atoms with Crippen molar-refractivity contribution >= 4 is 5.91 Å². The molecule has 1 aliphatic carbocycles. The zero-order valence-electron chi connectivity index (χ0n) is 16.7. The molecule has 1 aromatic carbocycles. The van der Waals surface area contributed by atoms with E-state index in [2.05, 4.69) is 27.2 Å². The van der Waals surface area contributed by atoms with Gasteiger partial charge in [0, 0.05) is 38.8 Å². The van der Waals surface area contributed by atoms with Crippen LogP contribution in [0.2, 0.25) is 0 Å². The summed E-state index contributed by atoms with van der Waals surface area (Å²) < 4.78 is 5.90. The van der Waals surface area contributed by atoms with Crippen molar-refractivity contribution in [2.24, 2.45) is 0 Å². The van der Waals surface area contributed by atoms with E-state index >= 15 is 0 Å². The first-order valence-electron chi connectivity index (χ1n) is 10.3. The number of carbonyl (C=O) groups excluding carboxylic acids is 1. The quantitative estimate of drug-likeness (QED) is 0.796. The average molecular weight is 380 g/mol. The molecule has 1 saturated carbocycles. The summed E-state index contributed by atoms with van der Waals surface area (Å²) in [6.45, 7) is 4.84. The standard InChI is InChI=1S/C22H28N4O2/c1-3-25(2)22(27)20-9-10-21(24-23-20)28-19-8-7-16-11-13-26(18-5-4-6-18)14-12-17(16)15-19/h7-10,15,18H,3-6,11-14H2,1-2H3. The van der Waals surface area contributed by atoms with Crippen LogP contribution in [0.3, 0.4) is 0 Å². The first-order chi connectivity index (χ1) is 13.6. The summed E-state index contributed by atoms with van der Waals surface area (Å²) in [5.74, 6) is 1.04. The lowest BCUT2D eigenvalue weighted by atomic mass is 9.91. The summed E-state index contributed by atoms with van der Waals surface area (Å²) in [5.41, 5.74) is 3.11. The number of ether oxygens (including phenoxy) is 1. The van der Waals surface area contributed by atoms with E-state index in [0.717, 1.165) is 37.7 Å². The van der Waals surface area contributed by atoms with E-state index in [1.54, 1.807) is 24.1 Å². The maximum absolute atomic E-state index is 12.1. The Balaban J connectivity index is 1.42. The van der Waals surface area contributed by atoms with Gasteiger partial charge >= 0.3 is 0 Å². The van der Waals surface area contributed by atoms with Crippen LogP contribution in [-0.4, -0.2) is 58.6 Å². The van der Waals surface area contributed by atoms with Crippen LogP contribution in [0.5, 0.6) is 11.6 Å². The minimum absolute atomic E-state index is 0.136. The maximum Gasteiger partial charge on any atom is 0.274 e. The number of fused-ring (bicyclic) bond motifs is 1. The van der Waals surface area contributed by atoms with E-state index < -0.39 is 0 Å². The van der Waals surface area contributed by atoms with Gasteiger partial charge in [-0.05, 0) is 61.9 Å². The SMILES string of the molecule is CCN(C)C(=O)c1ccc(Oc2ccc3c(c2)CCN(C2CCC2)CC3)nn1. The van der Waals surface area contributed by atoms with Gasteiger partial charge in [0.1, 0.15) is 5.75 Å². The van der Waals surface area contributed by atoms with Gasteiger partial charge in [-0.15, -0.1) is 10.2 Å². The van der Waals surface area contributed by atoms with Crippen molar-refractivity contribution in [3.05, 3.63) is 47.2 Å². The highest BCUT2D eigenvalue weighted by Crippen LogP contribution is 2.29. The molecule has 1 fully saturated rings. The average Bonchev–Trinajstić information content (AvgIpc) is 2.88. The molecule has 0 N–H and O–H groups in total. The molecule has 1 amide bonds. The lowest BCUT2D eigenvalue weighted by molar-refractivity contribution is 0.0795. The highest BCUT2D eigenvalue weighted by Gasteiger charge is 2.26. The highest BCUT2D eigenvalue weighted by molar-refractivity contribution is 5.91. The molecule has 2 aliphatic rings. The molecule has 0 bridgehead atoms. The van der Waals surface area contributed by atoms with Crippen LogP contribution in [0.15, 0.2) is 30.3 Å². The van der Waals surface area contributed by atoms with E-state index in [1.165, 1.54) is 30.4 Å². The number of rotatable bonds is 5. The molecule has 0 spiro atoms. The van der Waals surface area contributed by atoms with Crippen molar-refractivity contribution in [1.29, 1.82) is 0 Å². The van der Waals surface area contributed by atoms with E-state index in [4.69, 9.17) is 4.74 Å². The fraction of sp³-hybridized carbons (Fsp3) is 0.500. The number of benzene rings is 1. The predicted molar refractivity (Wildman–Crippen MR) is 108 cm³/mol. The summed E-state index contributed by atoms with van der Waals surface area (Å²) in [4.78, 5) is 16.4. The van der Waals surface area contributed by atoms with Gasteiger partial charge in [0.05, 0.1) is 0 Å². The Hall–Kier alpha value is -2.47. The first kappa shape index (κ1) is 18.9. The zero-order valence-corrected chi connectivity index (χ0v) is 16.7. The van der Waals surface area contributed by atoms with Gasteiger partial charge in [-0.1, -0.05) is 12.5 Å². The maximum atomic E-state index is 12.1. The van der Waals surface area contributed by atoms with Gasteiger partial charge in [-0.2, -0.15) is 0 Å². The third-order valence-corrected chi connectivity index (χ3v) is 6.01. The molecule has 4 rings (SSSR count). The number of amides is 1. The summed E-state index contributed by atoms with van der Waals surface area (Å²) in [7, 11) is 1.75. The highest BCUT2D eigenvalue weighted by atomic mass is 16.5. The minimum atomic E-state index is -0.136. The van der Waals surface area contributed by atoms with Crippen LogP contribution in [0.1, 0.15) is 47.8 Å². The Morgan fingerprint density at radius 2 is 1.93 bits per heavy atom. The molecule has 28 heavy (non-hydrogen) atoms. The molecule has 6 nitrogen and oxygen atoms in total. The molecule has 0 saturated heterocycles. The fourth-order valence-corrected chi connectivity index (χ4v) is 3.85. The molecule has 1 aliphatic heterocycles. The topological polar surface area (TPSA) is 58.6 Å². The molecule has 0 unspecified atom stereocenters. The van der Waals surface area contributed by atoms with Crippen LogP contribution in [0.25, 0.3) is 0 Å². The molecule has 2 heterocycles. The minimum Gasteiger partial charge on any atom is -0.438 e. The van der Waals surface area contributed by atoms with Crippen LogP contribution < -0.4 is 4.74 Å². The lowest BCUT2D eigenvalue weighted by Gasteiger charge is -2.36. The summed E-state index contributed by atoms with van der Waals surface area (Å²) >= 11 is 0. The molecule has 148 valence electrons. The summed E-state index contributed by atoms with van der Waals surface area (Å²) in [6.07, 6.45) is 6.26. The third kappa shape index (κ3) is 4.02. The van der Waals surface area contributed by atoms with E-state index in [0.29, 0.717) is 18.1 Å². The van der Waals surface area contributed by atoms with Gasteiger partial charge in [-0.25, -0.2) is 0 Å². The second kappa shape index (κ2) is 8.27. The van der Waals surface area contributed by atoms with Crippen molar-refractivity contribution in [3.63, 3.8) is 0 Å². The number of aromatic nitrogens is 2. The second-order valence-corrected chi connectivity index (χ2v) is 7.73. The van der Waals surface area contributed by atoms with Crippen molar-refractivity contribution in [1.82, 2.24) is 20.0 Å². The van der Waals surface area contributed by atoms with Crippen molar-refractivity contribution in [3.8, 4) is 11.6 Å². The molecule has 0 atom stereocenters.